The Labute approximate surface area is 109 Å². The van der Waals surface area contributed by atoms with Crippen molar-refractivity contribution in [2.45, 2.75) is 39.3 Å². The first-order valence-electron chi connectivity index (χ1n) is 6.80. The lowest BCUT2D eigenvalue weighted by Crippen LogP contribution is -2.54. The van der Waals surface area contributed by atoms with Crippen LogP contribution in [0.25, 0.3) is 0 Å². The van der Waals surface area contributed by atoms with E-state index < -0.39 is 0 Å². The summed E-state index contributed by atoms with van der Waals surface area (Å²) in [4.78, 5) is 6.85. The molecule has 0 aliphatic carbocycles. The fourth-order valence-electron chi connectivity index (χ4n) is 2.24. The summed E-state index contributed by atoms with van der Waals surface area (Å²) in [5, 5.41) is 3.48. The maximum atomic E-state index is 5.80. The molecule has 18 heavy (non-hydrogen) atoms. The van der Waals surface area contributed by atoms with Crippen LogP contribution in [-0.4, -0.2) is 36.8 Å². The Balaban J connectivity index is 2.19. The number of hydrogen-bond donors (Lipinski definition) is 1. The second-order valence-electron chi connectivity index (χ2n) is 4.98. The number of anilines is 1. The highest BCUT2D eigenvalue weighted by atomic mass is 16.5. The van der Waals surface area contributed by atoms with E-state index >= 15 is 0 Å². The second-order valence-corrected chi connectivity index (χ2v) is 4.98. The highest BCUT2D eigenvalue weighted by molar-refractivity contribution is 5.53. The predicted molar refractivity (Wildman–Crippen MR) is 74.3 cm³/mol. The molecule has 1 N–H and O–H groups in total. The Kier molecular flexibility index (Phi) is 4.42. The van der Waals surface area contributed by atoms with Crippen LogP contribution in [0.1, 0.15) is 27.2 Å². The molecule has 1 saturated heterocycles. The van der Waals surface area contributed by atoms with E-state index in [1.54, 1.807) is 0 Å². The van der Waals surface area contributed by atoms with Crippen molar-refractivity contribution >= 4 is 5.82 Å². The topological polar surface area (TPSA) is 37.4 Å². The first-order chi connectivity index (χ1) is 8.72. The van der Waals surface area contributed by atoms with Gasteiger partial charge in [0.1, 0.15) is 0 Å². The molecule has 1 aliphatic rings. The van der Waals surface area contributed by atoms with Gasteiger partial charge in [0.15, 0.2) is 11.6 Å². The lowest BCUT2D eigenvalue weighted by Gasteiger charge is -2.38. The zero-order valence-electron chi connectivity index (χ0n) is 11.5. The van der Waals surface area contributed by atoms with Crippen LogP contribution < -0.4 is 15.0 Å². The Morgan fingerprint density at radius 3 is 3.11 bits per heavy atom. The zero-order chi connectivity index (χ0) is 13.0. The molecule has 2 rings (SSSR count). The van der Waals surface area contributed by atoms with Gasteiger partial charge in [-0.3, -0.25) is 0 Å². The summed E-state index contributed by atoms with van der Waals surface area (Å²) in [5.74, 6) is 1.88. The predicted octanol–water partition coefficient (Wildman–Crippen LogP) is 2.06. The minimum Gasteiger partial charge on any atom is -0.490 e. The Morgan fingerprint density at radius 2 is 2.33 bits per heavy atom. The molecule has 2 unspecified atom stereocenters. The summed E-state index contributed by atoms with van der Waals surface area (Å²) in [6.07, 6.45) is 2.86. The lowest BCUT2D eigenvalue weighted by molar-refractivity contribution is 0.313. The monoisotopic (exact) mass is 249 g/mol. The fraction of sp³-hybridized carbons (Fsp3) is 0.643. The van der Waals surface area contributed by atoms with Crippen LogP contribution in [0.5, 0.6) is 5.75 Å². The molecule has 4 nitrogen and oxygen atoms in total. The molecule has 2 atom stereocenters. The quantitative estimate of drug-likeness (QED) is 0.886. The van der Waals surface area contributed by atoms with E-state index in [4.69, 9.17) is 4.74 Å². The van der Waals surface area contributed by atoms with E-state index in [9.17, 15) is 0 Å². The van der Waals surface area contributed by atoms with Gasteiger partial charge in [0.2, 0.25) is 0 Å². The minimum absolute atomic E-state index is 0.445. The van der Waals surface area contributed by atoms with Crippen molar-refractivity contribution in [1.82, 2.24) is 10.3 Å². The van der Waals surface area contributed by atoms with Crippen LogP contribution in [0.2, 0.25) is 0 Å². The molecule has 1 aromatic rings. The van der Waals surface area contributed by atoms with E-state index in [2.05, 4.69) is 36.0 Å². The summed E-state index contributed by atoms with van der Waals surface area (Å²) < 4.78 is 5.80. The SMILES string of the molecule is CCCOc1cccnc1N1CC(C)NCC1C. The smallest absolute Gasteiger partial charge is 0.171 e. The van der Waals surface area contributed by atoms with E-state index in [-0.39, 0.29) is 0 Å². The molecule has 2 heterocycles. The van der Waals surface area contributed by atoms with Crippen molar-refractivity contribution in [1.29, 1.82) is 0 Å². The first-order valence-corrected chi connectivity index (χ1v) is 6.80. The van der Waals surface area contributed by atoms with Gasteiger partial charge in [-0.2, -0.15) is 0 Å². The van der Waals surface area contributed by atoms with Crippen LogP contribution in [-0.2, 0) is 0 Å². The number of piperazine rings is 1. The summed E-state index contributed by atoms with van der Waals surface area (Å²) in [7, 11) is 0. The molecule has 0 amide bonds. The van der Waals surface area contributed by atoms with E-state index in [0.29, 0.717) is 12.1 Å². The molecular weight excluding hydrogens is 226 g/mol. The Bertz CT molecular complexity index is 383. The molecule has 1 fully saturated rings. The van der Waals surface area contributed by atoms with Gasteiger partial charge in [-0.05, 0) is 32.4 Å². The Hall–Kier alpha value is -1.29. The van der Waals surface area contributed by atoms with Gasteiger partial charge >= 0.3 is 0 Å². The number of hydrogen-bond acceptors (Lipinski definition) is 4. The van der Waals surface area contributed by atoms with Crippen molar-refractivity contribution in [3.63, 3.8) is 0 Å². The molecule has 0 saturated carbocycles. The van der Waals surface area contributed by atoms with Crippen molar-refractivity contribution in [2.75, 3.05) is 24.6 Å². The first kappa shape index (κ1) is 13.1. The number of nitrogens with one attached hydrogen (secondary N) is 1. The van der Waals surface area contributed by atoms with Gasteiger partial charge in [-0.25, -0.2) is 4.98 Å². The number of nitrogens with zero attached hydrogens (tertiary/aromatic N) is 2. The van der Waals surface area contributed by atoms with Crippen molar-refractivity contribution in [3.05, 3.63) is 18.3 Å². The summed E-state index contributed by atoms with van der Waals surface area (Å²) in [6, 6.07) is 4.88. The maximum Gasteiger partial charge on any atom is 0.171 e. The number of ether oxygens (including phenoxy) is 1. The van der Waals surface area contributed by atoms with Gasteiger partial charge in [0.05, 0.1) is 6.61 Å². The standard InChI is InChI=1S/C14H23N3O/c1-4-8-18-13-6-5-7-15-14(13)17-10-11(2)16-9-12(17)3/h5-7,11-12,16H,4,8-10H2,1-3H3. The van der Waals surface area contributed by atoms with Crippen LogP contribution >= 0.6 is 0 Å². The maximum absolute atomic E-state index is 5.80. The van der Waals surface area contributed by atoms with Gasteiger partial charge in [0, 0.05) is 31.4 Å². The van der Waals surface area contributed by atoms with E-state index in [1.807, 2.05) is 18.3 Å². The molecule has 100 valence electrons. The average Bonchev–Trinajstić information content (AvgIpc) is 2.39. The van der Waals surface area contributed by atoms with Gasteiger partial charge < -0.3 is 15.0 Å². The van der Waals surface area contributed by atoms with Gasteiger partial charge in [-0.15, -0.1) is 0 Å². The van der Waals surface area contributed by atoms with Crippen molar-refractivity contribution in [3.8, 4) is 5.75 Å². The van der Waals surface area contributed by atoms with Crippen molar-refractivity contribution in [2.24, 2.45) is 0 Å². The Morgan fingerprint density at radius 1 is 1.50 bits per heavy atom. The molecule has 1 aromatic heterocycles. The third-order valence-corrected chi connectivity index (χ3v) is 3.25. The van der Waals surface area contributed by atoms with Gasteiger partial charge in [0.25, 0.3) is 0 Å². The van der Waals surface area contributed by atoms with Crippen LogP contribution in [0.3, 0.4) is 0 Å². The largest absolute Gasteiger partial charge is 0.490 e. The van der Waals surface area contributed by atoms with E-state index in [1.165, 1.54) is 0 Å². The van der Waals surface area contributed by atoms with Crippen molar-refractivity contribution < 1.29 is 4.74 Å². The molecule has 0 bridgehead atoms. The zero-order valence-corrected chi connectivity index (χ0v) is 11.5. The lowest BCUT2D eigenvalue weighted by atomic mass is 10.1. The fourth-order valence-corrected chi connectivity index (χ4v) is 2.24. The average molecular weight is 249 g/mol. The third-order valence-electron chi connectivity index (χ3n) is 3.25. The molecule has 0 radical (unpaired) electrons. The molecule has 4 heteroatoms. The molecule has 0 aromatic carbocycles. The second kappa shape index (κ2) is 6.05. The summed E-state index contributed by atoms with van der Waals surface area (Å²) in [5.41, 5.74) is 0. The van der Waals surface area contributed by atoms with Crippen LogP contribution in [0, 0.1) is 0 Å². The van der Waals surface area contributed by atoms with E-state index in [0.717, 1.165) is 37.7 Å². The molecular formula is C14H23N3O. The normalized spacial score (nSPS) is 24.1. The van der Waals surface area contributed by atoms with Crippen LogP contribution in [0.4, 0.5) is 5.82 Å². The van der Waals surface area contributed by atoms with Crippen LogP contribution in [0.15, 0.2) is 18.3 Å². The minimum atomic E-state index is 0.445. The molecule has 0 spiro atoms. The van der Waals surface area contributed by atoms with Gasteiger partial charge in [-0.1, -0.05) is 6.92 Å². The molecule has 1 aliphatic heterocycles. The highest BCUT2D eigenvalue weighted by Gasteiger charge is 2.25. The number of rotatable bonds is 4. The third kappa shape index (κ3) is 2.93. The number of aromatic nitrogens is 1. The summed E-state index contributed by atoms with van der Waals surface area (Å²) >= 11 is 0. The summed E-state index contributed by atoms with van der Waals surface area (Å²) in [6.45, 7) is 9.25. The number of pyridine rings is 1. The highest BCUT2D eigenvalue weighted by Crippen LogP contribution is 2.28.